The van der Waals surface area contributed by atoms with Crippen molar-refractivity contribution in [1.82, 2.24) is 9.55 Å². The van der Waals surface area contributed by atoms with E-state index in [1.54, 1.807) is 0 Å². The number of benzene rings is 3. The van der Waals surface area contributed by atoms with Crippen molar-refractivity contribution in [3.05, 3.63) is 89.7 Å². The molecule has 1 heterocycles. The number of unbranched alkanes of at least 4 members (excludes halogenated alkanes) is 2. The van der Waals surface area contributed by atoms with Crippen molar-refractivity contribution in [2.75, 3.05) is 0 Å². The summed E-state index contributed by atoms with van der Waals surface area (Å²) in [6.45, 7) is 8.41. The van der Waals surface area contributed by atoms with Crippen LogP contribution in [0.3, 0.4) is 0 Å². The minimum absolute atomic E-state index is 0.157. The van der Waals surface area contributed by atoms with Crippen LogP contribution in [0.15, 0.2) is 73.1 Å². The van der Waals surface area contributed by atoms with Crippen LogP contribution in [0.4, 0.5) is 0 Å². The highest BCUT2D eigenvalue weighted by Crippen LogP contribution is 2.33. The predicted octanol–water partition coefficient (Wildman–Crippen LogP) is 8.55. The zero-order valence-corrected chi connectivity index (χ0v) is 22.7. The SMILES string of the molecule is CCCCC(O)(CCCC)c1ccc(/C=C\c2ccc3c(c2)ncn3-c2ccc(OC(C)C)cc2)cc1. The van der Waals surface area contributed by atoms with Gasteiger partial charge in [0.2, 0.25) is 0 Å². The van der Waals surface area contributed by atoms with Crippen molar-refractivity contribution < 1.29 is 9.84 Å². The highest BCUT2D eigenvalue weighted by Gasteiger charge is 2.27. The molecular formula is C33H40N2O2. The smallest absolute Gasteiger partial charge is 0.119 e. The summed E-state index contributed by atoms with van der Waals surface area (Å²) in [4.78, 5) is 4.64. The van der Waals surface area contributed by atoms with Gasteiger partial charge in [-0.15, -0.1) is 0 Å². The summed E-state index contributed by atoms with van der Waals surface area (Å²) in [6.07, 6.45) is 12.2. The maximum Gasteiger partial charge on any atom is 0.119 e. The zero-order chi connectivity index (χ0) is 26.3. The summed E-state index contributed by atoms with van der Waals surface area (Å²) in [5.41, 5.74) is 5.60. The van der Waals surface area contributed by atoms with E-state index in [-0.39, 0.29) is 6.10 Å². The van der Waals surface area contributed by atoms with Crippen molar-refractivity contribution >= 4 is 23.2 Å². The molecule has 0 amide bonds. The van der Waals surface area contributed by atoms with Gasteiger partial charge in [-0.1, -0.05) is 82.0 Å². The number of ether oxygens (including phenoxy) is 1. The molecule has 0 aliphatic rings. The Morgan fingerprint density at radius 1 is 0.865 bits per heavy atom. The van der Waals surface area contributed by atoms with Gasteiger partial charge in [0.25, 0.3) is 0 Å². The number of fused-ring (bicyclic) bond motifs is 1. The van der Waals surface area contributed by atoms with Crippen LogP contribution in [0.1, 0.15) is 82.9 Å². The van der Waals surface area contributed by atoms with Crippen molar-refractivity contribution in [3.8, 4) is 11.4 Å². The molecule has 0 saturated heterocycles. The van der Waals surface area contributed by atoms with Crippen LogP contribution >= 0.6 is 0 Å². The van der Waals surface area contributed by atoms with E-state index in [4.69, 9.17) is 4.74 Å². The Morgan fingerprint density at radius 3 is 2.11 bits per heavy atom. The summed E-state index contributed by atoms with van der Waals surface area (Å²) < 4.78 is 7.86. The molecule has 0 saturated carbocycles. The highest BCUT2D eigenvalue weighted by atomic mass is 16.5. The van der Waals surface area contributed by atoms with Crippen LogP contribution in [0.25, 0.3) is 28.9 Å². The Bertz CT molecular complexity index is 1290. The van der Waals surface area contributed by atoms with Gasteiger partial charge in [-0.05, 0) is 79.8 Å². The second-order valence-electron chi connectivity index (χ2n) is 10.2. The normalized spacial score (nSPS) is 12.2. The van der Waals surface area contributed by atoms with Crippen molar-refractivity contribution in [2.45, 2.75) is 77.9 Å². The van der Waals surface area contributed by atoms with Gasteiger partial charge < -0.3 is 9.84 Å². The fraction of sp³-hybridized carbons (Fsp3) is 0.364. The molecule has 0 radical (unpaired) electrons. The molecule has 0 aliphatic carbocycles. The number of hydrogen-bond donors (Lipinski definition) is 1. The first-order chi connectivity index (χ1) is 17.9. The first-order valence-corrected chi connectivity index (χ1v) is 13.7. The maximum atomic E-state index is 11.3. The molecule has 37 heavy (non-hydrogen) atoms. The van der Waals surface area contributed by atoms with E-state index in [0.29, 0.717) is 0 Å². The van der Waals surface area contributed by atoms with Crippen LogP contribution < -0.4 is 4.74 Å². The summed E-state index contributed by atoms with van der Waals surface area (Å²) >= 11 is 0. The van der Waals surface area contributed by atoms with E-state index < -0.39 is 5.60 Å². The Kier molecular flexibility index (Phi) is 8.83. The van der Waals surface area contributed by atoms with Crippen molar-refractivity contribution in [1.29, 1.82) is 0 Å². The standard InChI is InChI=1S/C33H40N2O2/c1-5-7-21-33(36,22-8-6-2)28-14-11-26(12-15-28)9-10-27-13-20-32-31(23-27)34-24-35(32)29-16-18-30(19-17-29)37-25(3)4/h9-20,23-25,36H,5-8,21-22H2,1-4H3/b10-9-. The minimum Gasteiger partial charge on any atom is -0.491 e. The molecule has 0 bridgehead atoms. The topological polar surface area (TPSA) is 47.3 Å². The Balaban J connectivity index is 1.48. The van der Waals surface area contributed by atoms with Crippen LogP contribution in [-0.2, 0) is 5.60 Å². The summed E-state index contributed by atoms with van der Waals surface area (Å²) in [7, 11) is 0. The van der Waals surface area contributed by atoms with Gasteiger partial charge in [0.1, 0.15) is 12.1 Å². The average molecular weight is 497 g/mol. The lowest BCUT2D eigenvalue weighted by Gasteiger charge is -2.29. The van der Waals surface area contributed by atoms with Gasteiger partial charge in [0.15, 0.2) is 0 Å². The molecule has 4 aromatic rings. The molecule has 0 spiro atoms. The Labute approximate surface area is 221 Å². The number of imidazole rings is 1. The molecule has 0 unspecified atom stereocenters. The number of aromatic nitrogens is 2. The number of hydrogen-bond acceptors (Lipinski definition) is 3. The van der Waals surface area contributed by atoms with Gasteiger partial charge in [0, 0.05) is 5.69 Å². The van der Waals surface area contributed by atoms with E-state index in [1.807, 2.05) is 32.3 Å². The van der Waals surface area contributed by atoms with E-state index in [1.165, 1.54) is 0 Å². The molecule has 4 rings (SSSR count). The largest absolute Gasteiger partial charge is 0.491 e. The third kappa shape index (κ3) is 6.69. The fourth-order valence-corrected chi connectivity index (χ4v) is 4.75. The second kappa shape index (κ2) is 12.2. The summed E-state index contributed by atoms with van der Waals surface area (Å²) in [6, 6.07) is 22.9. The monoisotopic (exact) mass is 496 g/mol. The first-order valence-electron chi connectivity index (χ1n) is 13.7. The van der Waals surface area contributed by atoms with Gasteiger partial charge >= 0.3 is 0 Å². The molecule has 0 atom stereocenters. The third-order valence-corrected chi connectivity index (χ3v) is 6.86. The molecule has 4 heteroatoms. The minimum atomic E-state index is -0.722. The lowest BCUT2D eigenvalue weighted by Crippen LogP contribution is -2.25. The summed E-state index contributed by atoms with van der Waals surface area (Å²) in [5.74, 6) is 0.871. The van der Waals surface area contributed by atoms with Gasteiger partial charge in [-0.2, -0.15) is 0 Å². The molecule has 194 valence electrons. The van der Waals surface area contributed by atoms with Gasteiger partial charge in [-0.3, -0.25) is 4.57 Å². The summed E-state index contributed by atoms with van der Waals surface area (Å²) in [5, 5.41) is 11.3. The lowest BCUT2D eigenvalue weighted by atomic mass is 9.84. The fourth-order valence-electron chi connectivity index (χ4n) is 4.75. The van der Waals surface area contributed by atoms with E-state index >= 15 is 0 Å². The van der Waals surface area contributed by atoms with Crippen LogP contribution in [-0.4, -0.2) is 20.8 Å². The van der Waals surface area contributed by atoms with Crippen molar-refractivity contribution in [2.24, 2.45) is 0 Å². The van der Waals surface area contributed by atoms with Gasteiger partial charge in [-0.25, -0.2) is 4.98 Å². The lowest BCUT2D eigenvalue weighted by molar-refractivity contribution is 0.0141. The van der Waals surface area contributed by atoms with Crippen LogP contribution in [0.2, 0.25) is 0 Å². The van der Waals surface area contributed by atoms with Crippen molar-refractivity contribution in [3.63, 3.8) is 0 Å². The van der Waals surface area contributed by atoms with Crippen LogP contribution in [0.5, 0.6) is 5.75 Å². The molecule has 3 aromatic carbocycles. The van der Waals surface area contributed by atoms with Crippen LogP contribution in [0, 0.1) is 0 Å². The highest BCUT2D eigenvalue weighted by molar-refractivity contribution is 5.82. The molecule has 1 N–H and O–H groups in total. The van der Waals surface area contributed by atoms with E-state index in [9.17, 15) is 5.11 Å². The molecule has 0 aliphatic heterocycles. The van der Waals surface area contributed by atoms with E-state index in [0.717, 1.165) is 77.7 Å². The number of rotatable bonds is 12. The molecular weight excluding hydrogens is 456 g/mol. The zero-order valence-electron chi connectivity index (χ0n) is 22.7. The molecule has 1 aromatic heterocycles. The predicted molar refractivity (Wildman–Crippen MR) is 155 cm³/mol. The Morgan fingerprint density at radius 2 is 1.49 bits per heavy atom. The third-order valence-electron chi connectivity index (χ3n) is 6.86. The molecule has 0 fully saturated rings. The Hall–Kier alpha value is -3.37. The van der Waals surface area contributed by atoms with E-state index in [2.05, 4.69) is 90.1 Å². The quantitative estimate of drug-likeness (QED) is 0.200. The molecule has 4 nitrogen and oxygen atoms in total. The number of nitrogens with zero attached hydrogens (tertiary/aromatic N) is 2. The second-order valence-corrected chi connectivity index (χ2v) is 10.2. The average Bonchev–Trinajstić information content (AvgIpc) is 3.33. The number of aliphatic hydroxyl groups is 1. The maximum absolute atomic E-state index is 11.3. The van der Waals surface area contributed by atoms with Gasteiger partial charge in [0.05, 0.1) is 22.7 Å². The first kappa shape index (κ1) is 26.7.